The summed E-state index contributed by atoms with van der Waals surface area (Å²) in [6, 6.07) is 7.80. The Labute approximate surface area is 171 Å². The van der Waals surface area contributed by atoms with E-state index in [1.807, 2.05) is 44.7 Å². The SMILES string of the molecule is CC(C)CC(=O)NC(C(=O)N1CCC(c2nc3ccccc3s2)CC1)C(C)C. The molecule has 1 atom stereocenters. The molecule has 6 heteroatoms. The summed E-state index contributed by atoms with van der Waals surface area (Å²) in [5, 5.41) is 4.14. The minimum Gasteiger partial charge on any atom is -0.344 e. The topological polar surface area (TPSA) is 62.3 Å². The number of para-hydroxylation sites is 1. The average molecular weight is 402 g/mol. The van der Waals surface area contributed by atoms with Crippen LogP contribution in [0.3, 0.4) is 0 Å². The third-order valence-corrected chi connectivity index (χ3v) is 6.51. The second-order valence-corrected chi connectivity index (χ2v) is 9.57. The minimum atomic E-state index is -0.440. The lowest BCUT2D eigenvalue weighted by molar-refractivity contribution is -0.138. The predicted octanol–water partition coefficient (Wildman–Crippen LogP) is 4.19. The van der Waals surface area contributed by atoms with E-state index in [0.717, 1.165) is 31.4 Å². The molecule has 0 saturated carbocycles. The highest BCUT2D eigenvalue weighted by Crippen LogP contribution is 2.34. The van der Waals surface area contributed by atoms with Crippen molar-refractivity contribution in [2.45, 2.75) is 58.9 Å². The Morgan fingerprint density at radius 3 is 2.46 bits per heavy atom. The lowest BCUT2D eigenvalue weighted by Crippen LogP contribution is -2.53. The standard InChI is InChI=1S/C22H31N3O2S/c1-14(2)13-19(26)24-20(15(3)4)22(27)25-11-9-16(10-12-25)21-23-17-7-5-6-8-18(17)28-21/h5-8,14-16,20H,9-13H2,1-4H3,(H,24,26). The molecule has 1 aromatic carbocycles. The molecule has 28 heavy (non-hydrogen) atoms. The number of piperidine rings is 1. The smallest absolute Gasteiger partial charge is 0.245 e. The van der Waals surface area contributed by atoms with E-state index in [9.17, 15) is 9.59 Å². The average Bonchev–Trinajstić information content (AvgIpc) is 3.09. The van der Waals surface area contributed by atoms with Crippen molar-refractivity contribution in [3.8, 4) is 0 Å². The van der Waals surface area contributed by atoms with Crippen LogP contribution in [-0.4, -0.2) is 40.8 Å². The highest BCUT2D eigenvalue weighted by atomic mass is 32.1. The van der Waals surface area contributed by atoms with E-state index < -0.39 is 6.04 Å². The molecule has 0 spiro atoms. The van der Waals surface area contributed by atoms with Gasteiger partial charge in [0.2, 0.25) is 11.8 Å². The maximum atomic E-state index is 13.0. The number of aromatic nitrogens is 1. The number of benzene rings is 1. The Morgan fingerprint density at radius 1 is 1.18 bits per heavy atom. The third kappa shape index (κ3) is 4.90. The van der Waals surface area contributed by atoms with E-state index >= 15 is 0 Å². The van der Waals surface area contributed by atoms with Crippen molar-refractivity contribution < 1.29 is 9.59 Å². The molecule has 0 aliphatic carbocycles. The molecule has 1 saturated heterocycles. The molecule has 1 unspecified atom stereocenters. The zero-order valence-electron chi connectivity index (χ0n) is 17.3. The molecule has 0 bridgehead atoms. The normalized spacial score (nSPS) is 16.7. The molecule has 1 fully saturated rings. The summed E-state index contributed by atoms with van der Waals surface area (Å²) >= 11 is 1.77. The number of rotatable bonds is 6. The number of hydrogen-bond donors (Lipinski definition) is 1. The van der Waals surface area contributed by atoms with Crippen LogP contribution in [0.25, 0.3) is 10.2 Å². The van der Waals surface area contributed by atoms with Crippen LogP contribution in [0.4, 0.5) is 0 Å². The van der Waals surface area contributed by atoms with Gasteiger partial charge < -0.3 is 10.2 Å². The summed E-state index contributed by atoms with van der Waals surface area (Å²) in [5.41, 5.74) is 1.06. The molecule has 2 amide bonds. The van der Waals surface area contributed by atoms with Crippen LogP contribution in [-0.2, 0) is 9.59 Å². The zero-order valence-corrected chi connectivity index (χ0v) is 18.1. The van der Waals surface area contributed by atoms with Gasteiger partial charge in [-0.2, -0.15) is 0 Å². The fraction of sp³-hybridized carbons (Fsp3) is 0.591. The fourth-order valence-corrected chi connectivity index (χ4v) is 4.86. The molecule has 1 aromatic heterocycles. The number of thiazole rings is 1. The van der Waals surface area contributed by atoms with Gasteiger partial charge in [0.15, 0.2) is 0 Å². The van der Waals surface area contributed by atoms with Crippen molar-refractivity contribution in [2.24, 2.45) is 11.8 Å². The molecule has 3 rings (SSSR count). The van der Waals surface area contributed by atoms with Gasteiger partial charge in [-0.05, 0) is 36.8 Å². The second kappa shape index (κ2) is 9.03. The summed E-state index contributed by atoms with van der Waals surface area (Å²) in [4.78, 5) is 31.9. The van der Waals surface area contributed by atoms with Crippen LogP contribution in [0.2, 0.25) is 0 Å². The van der Waals surface area contributed by atoms with E-state index in [1.54, 1.807) is 11.3 Å². The number of nitrogens with zero attached hydrogens (tertiary/aromatic N) is 2. The highest BCUT2D eigenvalue weighted by molar-refractivity contribution is 7.18. The van der Waals surface area contributed by atoms with E-state index in [4.69, 9.17) is 4.98 Å². The quantitative estimate of drug-likeness (QED) is 0.789. The maximum Gasteiger partial charge on any atom is 0.245 e. The van der Waals surface area contributed by atoms with Gasteiger partial charge in [-0.15, -0.1) is 11.3 Å². The largest absolute Gasteiger partial charge is 0.344 e. The Morgan fingerprint density at radius 2 is 1.86 bits per heavy atom. The van der Waals surface area contributed by atoms with Gasteiger partial charge in [0.05, 0.1) is 15.2 Å². The summed E-state index contributed by atoms with van der Waals surface area (Å²) in [5.74, 6) is 0.786. The Balaban J connectivity index is 1.60. The van der Waals surface area contributed by atoms with E-state index in [1.165, 1.54) is 9.71 Å². The maximum absolute atomic E-state index is 13.0. The molecule has 1 N–H and O–H groups in total. The first kappa shape index (κ1) is 20.8. The monoisotopic (exact) mass is 401 g/mol. The van der Waals surface area contributed by atoms with Gasteiger partial charge in [0, 0.05) is 25.4 Å². The summed E-state index contributed by atoms with van der Waals surface area (Å²) in [7, 11) is 0. The minimum absolute atomic E-state index is 0.0357. The number of amides is 2. The van der Waals surface area contributed by atoms with Crippen LogP contribution in [0.15, 0.2) is 24.3 Å². The lowest BCUT2D eigenvalue weighted by Gasteiger charge is -2.35. The van der Waals surface area contributed by atoms with Gasteiger partial charge >= 0.3 is 0 Å². The number of likely N-dealkylation sites (tertiary alicyclic amines) is 1. The second-order valence-electron chi connectivity index (χ2n) is 8.51. The first-order valence-electron chi connectivity index (χ1n) is 10.3. The van der Waals surface area contributed by atoms with Crippen molar-refractivity contribution in [2.75, 3.05) is 13.1 Å². The Kier molecular flexibility index (Phi) is 6.70. The summed E-state index contributed by atoms with van der Waals surface area (Å²) < 4.78 is 1.23. The van der Waals surface area contributed by atoms with E-state index in [2.05, 4.69) is 17.4 Å². The summed E-state index contributed by atoms with van der Waals surface area (Å²) in [6.07, 6.45) is 2.31. The van der Waals surface area contributed by atoms with Gasteiger partial charge in [0.25, 0.3) is 0 Å². The molecule has 5 nitrogen and oxygen atoms in total. The molecule has 2 heterocycles. The molecule has 2 aromatic rings. The van der Waals surface area contributed by atoms with Crippen LogP contribution in [0, 0.1) is 11.8 Å². The van der Waals surface area contributed by atoms with Crippen LogP contribution < -0.4 is 5.32 Å². The lowest BCUT2D eigenvalue weighted by atomic mass is 9.95. The van der Waals surface area contributed by atoms with Crippen LogP contribution in [0.5, 0.6) is 0 Å². The molecular formula is C22H31N3O2S. The van der Waals surface area contributed by atoms with Crippen molar-refractivity contribution >= 4 is 33.4 Å². The number of fused-ring (bicyclic) bond motifs is 1. The Bertz CT molecular complexity index is 789. The van der Waals surface area contributed by atoms with Crippen molar-refractivity contribution in [1.82, 2.24) is 15.2 Å². The van der Waals surface area contributed by atoms with Crippen LogP contribution in [0.1, 0.15) is 57.9 Å². The molecule has 152 valence electrons. The summed E-state index contributed by atoms with van der Waals surface area (Å²) in [6.45, 7) is 9.46. The fourth-order valence-electron chi connectivity index (χ4n) is 3.72. The molecular weight excluding hydrogens is 370 g/mol. The Hall–Kier alpha value is -1.95. The zero-order chi connectivity index (χ0) is 20.3. The van der Waals surface area contributed by atoms with Gasteiger partial charge in [0.1, 0.15) is 6.04 Å². The van der Waals surface area contributed by atoms with Gasteiger partial charge in [-0.25, -0.2) is 4.98 Å². The van der Waals surface area contributed by atoms with E-state index in [-0.39, 0.29) is 23.7 Å². The molecule has 1 aliphatic heterocycles. The number of nitrogens with one attached hydrogen (secondary N) is 1. The number of carbonyl (C=O) groups excluding carboxylic acids is 2. The molecule has 1 aliphatic rings. The van der Waals surface area contributed by atoms with Crippen molar-refractivity contribution in [3.63, 3.8) is 0 Å². The predicted molar refractivity (Wildman–Crippen MR) is 114 cm³/mol. The van der Waals surface area contributed by atoms with Gasteiger partial charge in [-0.3, -0.25) is 9.59 Å². The first-order valence-corrected chi connectivity index (χ1v) is 11.1. The van der Waals surface area contributed by atoms with Crippen molar-refractivity contribution in [1.29, 1.82) is 0 Å². The number of hydrogen-bond acceptors (Lipinski definition) is 4. The molecule has 0 radical (unpaired) electrons. The highest BCUT2D eigenvalue weighted by Gasteiger charge is 2.32. The van der Waals surface area contributed by atoms with Gasteiger partial charge in [-0.1, -0.05) is 39.8 Å². The third-order valence-electron chi connectivity index (χ3n) is 5.31. The first-order chi connectivity index (χ1) is 13.3. The van der Waals surface area contributed by atoms with Crippen molar-refractivity contribution in [3.05, 3.63) is 29.3 Å². The van der Waals surface area contributed by atoms with Crippen LogP contribution >= 0.6 is 11.3 Å². The number of carbonyl (C=O) groups is 2. The van der Waals surface area contributed by atoms with E-state index in [0.29, 0.717) is 12.3 Å².